The molecule has 2 rings (SSSR count). The highest BCUT2D eigenvalue weighted by Crippen LogP contribution is 2.20. The number of rotatable bonds is 5. The number of hydrogen-bond donors (Lipinski definition) is 1. The lowest BCUT2D eigenvalue weighted by molar-refractivity contribution is -0.127. The number of hydrogen-bond acceptors (Lipinski definition) is 3. The minimum atomic E-state index is -0.586. The highest BCUT2D eigenvalue weighted by molar-refractivity contribution is 5.82. The first-order valence-corrected chi connectivity index (χ1v) is 5.72. The zero-order valence-electron chi connectivity index (χ0n) is 9.68. The topological polar surface area (TPSA) is 55.4 Å². The summed E-state index contributed by atoms with van der Waals surface area (Å²) in [5.74, 6) is 0.314. The number of ether oxygens (including phenoxy) is 1. The number of amides is 1. The summed E-state index contributed by atoms with van der Waals surface area (Å²) < 4.78 is 5.48. The largest absolute Gasteiger partial charge is 0.480 e. The molecule has 0 heterocycles. The van der Waals surface area contributed by atoms with Gasteiger partial charge in [0.05, 0.1) is 5.56 Å². The Morgan fingerprint density at radius 2 is 2.18 bits per heavy atom. The van der Waals surface area contributed by atoms with E-state index in [1.165, 1.54) is 0 Å². The van der Waals surface area contributed by atoms with Crippen LogP contribution >= 0.6 is 0 Å². The van der Waals surface area contributed by atoms with Crippen LogP contribution in [0.1, 0.15) is 30.1 Å². The summed E-state index contributed by atoms with van der Waals surface area (Å²) in [6.07, 6.45) is 2.23. The van der Waals surface area contributed by atoms with Crippen molar-refractivity contribution in [1.82, 2.24) is 5.32 Å². The molecule has 1 amide bonds. The van der Waals surface area contributed by atoms with Gasteiger partial charge in [-0.3, -0.25) is 9.59 Å². The molecule has 1 saturated carbocycles. The standard InChI is InChI=1S/C13H15NO3/c1-9(13(16)14-11-6-7-11)17-12-5-3-2-4-10(12)8-15/h2-5,8-9,11H,6-7H2,1H3,(H,14,16)/t9-/m1/s1. The zero-order valence-corrected chi connectivity index (χ0v) is 9.68. The van der Waals surface area contributed by atoms with Crippen molar-refractivity contribution in [3.63, 3.8) is 0 Å². The van der Waals surface area contributed by atoms with Gasteiger partial charge in [0.1, 0.15) is 5.75 Å². The van der Waals surface area contributed by atoms with Gasteiger partial charge in [0.15, 0.2) is 12.4 Å². The summed E-state index contributed by atoms with van der Waals surface area (Å²) in [5, 5.41) is 2.86. The van der Waals surface area contributed by atoms with E-state index >= 15 is 0 Å². The van der Waals surface area contributed by atoms with E-state index in [0.29, 0.717) is 17.4 Å². The molecule has 0 aliphatic heterocycles. The Morgan fingerprint density at radius 1 is 1.47 bits per heavy atom. The first-order valence-electron chi connectivity index (χ1n) is 5.72. The van der Waals surface area contributed by atoms with Crippen molar-refractivity contribution in [2.24, 2.45) is 0 Å². The molecule has 0 aromatic heterocycles. The average Bonchev–Trinajstić information content (AvgIpc) is 3.13. The van der Waals surface area contributed by atoms with Crippen molar-refractivity contribution in [3.05, 3.63) is 29.8 Å². The van der Waals surface area contributed by atoms with E-state index < -0.39 is 6.10 Å². The van der Waals surface area contributed by atoms with Crippen LogP contribution in [0.15, 0.2) is 24.3 Å². The second-order valence-electron chi connectivity index (χ2n) is 4.20. The fourth-order valence-electron chi connectivity index (χ4n) is 1.48. The summed E-state index contributed by atoms with van der Waals surface area (Å²) in [4.78, 5) is 22.5. The minimum Gasteiger partial charge on any atom is -0.480 e. The molecule has 0 radical (unpaired) electrons. The Morgan fingerprint density at radius 3 is 2.82 bits per heavy atom. The molecule has 1 aliphatic rings. The fraction of sp³-hybridized carbons (Fsp3) is 0.385. The van der Waals surface area contributed by atoms with E-state index in [0.717, 1.165) is 19.1 Å². The summed E-state index contributed by atoms with van der Waals surface area (Å²) >= 11 is 0. The highest BCUT2D eigenvalue weighted by Gasteiger charge is 2.26. The van der Waals surface area contributed by atoms with Crippen LogP contribution in [0.4, 0.5) is 0 Å². The predicted octanol–water partition coefficient (Wildman–Crippen LogP) is 1.54. The third-order valence-electron chi connectivity index (χ3n) is 2.64. The third-order valence-corrected chi connectivity index (χ3v) is 2.64. The van der Waals surface area contributed by atoms with E-state index in [-0.39, 0.29) is 5.91 Å². The van der Waals surface area contributed by atoms with Gasteiger partial charge in [-0.15, -0.1) is 0 Å². The predicted molar refractivity (Wildman–Crippen MR) is 63.1 cm³/mol. The maximum absolute atomic E-state index is 11.7. The molecule has 1 aliphatic carbocycles. The second-order valence-corrected chi connectivity index (χ2v) is 4.20. The first-order chi connectivity index (χ1) is 8.20. The third kappa shape index (κ3) is 3.06. The van der Waals surface area contributed by atoms with Crippen LogP contribution in [0.2, 0.25) is 0 Å². The molecule has 1 N–H and O–H groups in total. The van der Waals surface area contributed by atoms with Gasteiger partial charge in [0, 0.05) is 6.04 Å². The van der Waals surface area contributed by atoms with Crippen LogP contribution in [0.25, 0.3) is 0 Å². The van der Waals surface area contributed by atoms with Crippen LogP contribution in [0, 0.1) is 0 Å². The van der Waals surface area contributed by atoms with E-state index in [4.69, 9.17) is 4.74 Å². The molecular formula is C13H15NO3. The summed E-state index contributed by atoms with van der Waals surface area (Å²) in [6.45, 7) is 1.68. The van der Waals surface area contributed by atoms with Crippen molar-refractivity contribution < 1.29 is 14.3 Å². The van der Waals surface area contributed by atoms with E-state index in [1.807, 2.05) is 0 Å². The van der Waals surface area contributed by atoms with Crippen LogP contribution < -0.4 is 10.1 Å². The van der Waals surface area contributed by atoms with Gasteiger partial charge in [-0.25, -0.2) is 0 Å². The highest BCUT2D eigenvalue weighted by atomic mass is 16.5. The molecule has 4 heteroatoms. The summed E-state index contributed by atoms with van der Waals surface area (Å²) in [7, 11) is 0. The van der Waals surface area contributed by atoms with Crippen LogP contribution in [-0.2, 0) is 4.79 Å². The lowest BCUT2D eigenvalue weighted by atomic mass is 10.2. The van der Waals surface area contributed by atoms with Crippen molar-refractivity contribution in [2.45, 2.75) is 31.9 Å². The molecule has 0 spiro atoms. The van der Waals surface area contributed by atoms with Crippen molar-refractivity contribution in [3.8, 4) is 5.75 Å². The normalized spacial score (nSPS) is 16.1. The summed E-state index contributed by atoms with van der Waals surface area (Å²) in [5.41, 5.74) is 0.457. The van der Waals surface area contributed by atoms with Crippen LogP contribution in [0.5, 0.6) is 5.75 Å². The number of carbonyl (C=O) groups is 2. The molecule has 90 valence electrons. The van der Waals surface area contributed by atoms with Gasteiger partial charge in [-0.05, 0) is 31.9 Å². The molecule has 1 fully saturated rings. The van der Waals surface area contributed by atoms with Gasteiger partial charge >= 0.3 is 0 Å². The SMILES string of the molecule is C[C@@H](Oc1ccccc1C=O)C(=O)NC1CC1. The van der Waals surface area contributed by atoms with Crippen LogP contribution in [0.3, 0.4) is 0 Å². The van der Waals surface area contributed by atoms with E-state index in [2.05, 4.69) is 5.32 Å². The number of para-hydroxylation sites is 1. The number of carbonyl (C=O) groups excluding carboxylic acids is 2. The molecule has 1 aromatic carbocycles. The molecule has 1 atom stereocenters. The van der Waals surface area contributed by atoms with E-state index in [9.17, 15) is 9.59 Å². The van der Waals surface area contributed by atoms with Gasteiger partial charge in [-0.2, -0.15) is 0 Å². The number of aldehydes is 1. The first kappa shape index (κ1) is 11.6. The lowest BCUT2D eigenvalue weighted by Gasteiger charge is -2.15. The van der Waals surface area contributed by atoms with Gasteiger partial charge in [0.25, 0.3) is 5.91 Å². The Hall–Kier alpha value is -1.84. The van der Waals surface area contributed by atoms with Crippen molar-refractivity contribution in [2.75, 3.05) is 0 Å². The smallest absolute Gasteiger partial charge is 0.260 e. The molecule has 4 nitrogen and oxygen atoms in total. The Balaban J connectivity index is 1.98. The minimum absolute atomic E-state index is 0.131. The van der Waals surface area contributed by atoms with Gasteiger partial charge in [-0.1, -0.05) is 12.1 Å². The molecule has 0 bridgehead atoms. The molecule has 0 unspecified atom stereocenters. The Bertz CT molecular complexity index is 426. The summed E-state index contributed by atoms with van der Waals surface area (Å²) in [6, 6.07) is 7.19. The number of benzene rings is 1. The molecule has 0 saturated heterocycles. The zero-order chi connectivity index (χ0) is 12.3. The lowest BCUT2D eigenvalue weighted by Crippen LogP contribution is -2.37. The van der Waals surface area contributed by atoms with Gasteiger partial charge in [0.2, 0.25) is 0 Å². The quantitative estimate of drug-likeness (QED) is 0.785. The monoisotopic (exact) mass is 233 g/mol. The number of nitrogens with one attached hydrogen (secondary N) is 1. The van der Waals surface area contributed by atoms with Crippen molar-refractivity contribution in [1.29, 1.82) is 0 Å². The molecule has 17 heavy (non-hydrogen) atoms. The maximum atomic E-state index is 11.7. The van der Waals surface area contributed by atoms with Gasteiger partial charge < -0.3 is 10.1 Å². The second kappa shape index (κ2) is 4.99. The fourth-order valence-corrected chi connectivity index (χ4v) is 1.48. The Labute approximate surface area is 100.0 Å². The molecule has 1 aromatic rings. The molecular weight excluding hydrogens is 218 g/mol. The van der Waals surface area contributed by atoms with Crippen molar-refractivity contribution >= 4 is 12.2 Å². The maximum Gasteiger partial charge on any atom is 0.260 e. The average molecular weight is 233 g/mol. The van der Waals surface area contributed by atoms with Crippen LogP contribution in [-0.4, -0.2) is 24.3 Å². The van der Waals surface area contributed by atoms with E-state index in [1.54, 1.807) is 31.2 Å². The Kier molecular flexibility index (Phi) is 3.42.